The molecule has 0 aromatic carbocycles. The van der Waals surface area contributed by atoms with E-state index in [1.165, 1.54) is 0 Å². The van der Waals surface area contributed by atoms with Crippen molar-refractivity contribution in [1.29, 1.82) is 0 Å². The molecule has 6 heterocycles. The van der Waals surface area contributed by atoms with Crippen LogP contribution in [0.1, 0.15) is 22.3 Å². The molecule has 10 heteroatoms. The van der Waals surface area contributed by atoms with E-state index >= 15 is 0 Å². The number of hydrogen-bond acceptors (Lipinski definition) is 8. The minimum absolute atomic E-state index is 0.0692. The minimum Gasteiger partial charge on any atom is -0.393 e. The average molecular weight is 500 g/mol. The van der Waals surface area contributed by atoms with Crippen molar-refractivity contribution in [2.24, 2.45) is 13.0 Å². The van der Waals surface area contributed by atoms with Crippen LogP contribution < -0.4 is 15.5 Å². The number of rotatable bonds is 6. The van der Waals surface area contributed by atoms with Crippen LogP contribution in [-0.2, 0) is 18.3 Å². The summed E-state index contributed by atoms with van der Waals surface area (Å²) in [5.74, 6) is 0.562. The van der Waals surface area contributed by atoms with Crippen molar-refractivity contribution in [1.82, 2.24) is 24.8 Å². The number of piperidine rings is 1. The highest BCUT2D eigenvalue weighted by Gasteiger charge is 2.29. The average Bonchev–Trinajstić information content (AvgIpc) is 3.49. The molecule has 2 aliphatic heterocycles. The lowest BCUT2D eigenvalue weighted by Gasteiger charge is -2.37. The molecule has 0 bridgehead atoms. The zero-order valence-corrected chi connectivity index (χ0v) is 20.8. The SMILES string of the molecule is COCC1CN(c2ccc(Nc3cnc(-c4ccnc5c4ccn5C)c4c3C(=O)NC4)nc2)CC[C@@H]1O. The molecule has 1 amide bonds. The molecule has 1 saturated heterocycles. The minimum atomic E-state index is -0.348. The third-order valence-corrected chi connectivity index (χ3v) is 7.31. The van der Waals surface area contributed by atoms with Crippen LogP contribution in [0.15, 0.2) is 49.1 Å². The second-order valence-electron chi connectivity index (χ2n) is 9.62. The number of ether oxygens (including phenoxy) is 1. The fourth-order valence-electron chi connectivity index (χ4n) is 5.36. The second kappa shape index (κ2) is 9.45. The Morgan fingerprint density at radius 1 is 1.19 bits per heavy atom. The lowest BCUT2D eigenvalue weighted by molar-refractivity contribution is 0.0359. The van der Waals surface area contributed by atoms with Gasteiger partial charge in [0.2, 0.25) is 0 Å². The Morgan fingerprint density at radius 2 is 2.08 bits per heavy atom. The van der Waals surface area contributed by atoms with E-state index in [-0.39, 0.29) is 17.9 Å². The van der Waals surface area contributed by atoms with Gasteiger partial charge in [-0.3, -0.25) is 9.78 Å². The maximum atomic E-state index is 12.8. The maximum absolute atomic E-state index is 12.8. The summed E-state index contributed by atoms with van der Waals surface area (Å²) >= 11 is 0. The van der Waals surface area contributed by atoms with Gasteiger partial charge >= 0.3 is 0 Å². The van der Waals surface area contributed by atoms with E-state index < -0.39 is 0 Å². The van der Waals surface area contributed by atoms with Gasteiger partial charge in [-0.15, -0.1) is 0 Å². The number of methoxy groups -OCH3 is 1. The van der Waals surface area contributed by atoms with Gasteiger partial charge in [0.15, 0.2) is 0 Å². The normalized spacial score (nSPS) is 19.2. The number of aliphatic hydroxyl groups excluding tert-OH is 1. The predicted molar refractivity (Wildman–Crippen MR) is 141 cm³/mol. The van der Waals surface area contributed by atoms with Crippen LogP contribution in [0, 0.1) is 5.92 Å². The van der Waals surface area contributed by atoms with Crippen molar-refractivity contribution in [3.05, 3.63) is 60.2 Å². The van der Waals surface area contributed by atoms with Crippen LogP contribution in [0.3, 0.4) is 0 Å². The predicted octanol–water partition coefficient (Wildman–Crippen LogP) is 2.85. The Morgan fingerprint density at radius 3 is 2.89 bits per heavy atom. The summed E-state index contributed by atoms with van der Waals surface area (Å²) in [7, 11) is 3.62. The molecule has 1 unspecified atom stereocenters. The zero-order chi connectivity index (χ0) is 25.5. The highest BCUT2D eigenvalue weighted by atomic mass is 16.5. The van der Waals surface area contributed by atoms with Crippen molar-refractivity contribution in [2.75, 3.05) is 37.0 Å². The summed E-state index contributed by atoms with van der Waals surface area (Å²) in [6.45, 7) is 2.42. The number of nitrogens with zero attached hydrogens (tertiary/aromatic N) is 5. The summed E-state index contributed by atoms with van der Waals surface area (Å²) in [4.78, 5) is 28.9. The van der Waals surface area contributed by atoms with E-state index in [9.17, 15) is 9.90 Å². The van der Waals surface area contributed by atoms with Gasteiger partial charge < -0.3 is 29.9 Å². The Bertz CT molecular complexity index is 1470. The third-order valence-electron chi connectivity index (χ3n) is 7.31. The van der Waals surface area contributed by atoms with Gasteiger partial charge in [-0.1, -0.05) is 0 Å². The summed E-state index contributed by atoms with van der Waals surface area (Å²) in [6.07, 6.45) is 7.60. The van der Waals surface area contributed by atoms with E-state index in [2.05, 4.69) is 25.5 Å². The Balaban J connectivity index is 1.27. The van der Waals surface area contributed by atoms with Crippen molar-refractivity contribution in [3.8, 4) is 11.3 Å². The van der Waals surface area contributed by atoms with Gasteiger partial charge in [0.25, 0.3) is 5.91 Å². The number of aliphatic hydroxyl groups is 1. The summed E-state index contributed by atoms with van der Waals surface area (Å²) in [6, 6.07) is 7.86. The molecule has 3 N–H and O–H groups in total. The number of pyridine rings is 3. The lowest BCUT2D eigenvalue weighted by Crippen LogP contribution is -2.45. The van der Waals surface area contributed by atoms with E-state index in [1.807, 2.05) is 48.3 Å². The fraction of sp³-hybridized carbons (Fsp3) is 0.333. The molecule has 37 heavy (non-hydrogen) atoms. The first kappa shape index (κ1) is 23.4. The molecular weight excluding hydrogens is 470 g/mol. The first-order chi connectivity index (χ1) is 18.0. The van der Waals surface area contributed by atoms with Crippen molar-refractivity contribution in [3.63, 3.8) is 0 Å². The van der Waals surface area contributed by atoms with Crippen LogP contribution in [0.25, 0.3) is 22.3 Å². The number of aromatic nitrogens is 4. The molecular formula is C27H29N7O3. The van der Waals surface area contributed by atoms with Gasteiger partial charge in [-0.2, -0.15) is 0 Å². The van der Waals surface area contributed by atoms with E-state index in [0.717, 1.165) is 40.1 Å². The number of carbonyl (C=O) groups is 1. The van der Waals surface area contributed by atoms with Crippen LogP contribution >= 0.6 is 0 Å². The molecule has 2 aliphatic rings. The number of hydrogen-bond donors (Lipinski definition) is 3. The second-order valence-corrected chi connectivity index (χ2v) is 9.62. The molecule has 1 fully saturated rings. The third kappa shape index (κ3) is 4.17. The van der Waals surface area contributed by atoms with E-state index in [0.29, 0.717) is 43.2 Å². The highest BCUT2D eigenvalue weighted by Crippen LogP contribution is 2.36. The number of carbonyl (C=O) groups excluding carboxylic acids is 1. The summed E-state index contributed by atoms with van der Waals surface area (Å²) in [5, 5.41) is 17.5. The Kier molecular flexibility index (Phi) is 5.97. The summed E-state index contributed by atoms with van der Waals surface area (Å²) < 4.78 is 7.24. The van der Waals surface area contributed by atoms with Crippen LogP contribution in [0.4, 0.5) is 17.2 Å². The van der Waals surface area contributed by atoms with Gasteiger partial charge in [0.05, 0.1) is 47.7 Å². The van der Waals surface area contributed by atoms with E-state index in [1.54, 1.807) is 19.5 Å². The zero-order valence-electron chi connectivity index (χ0n) is 20.8. The Labute approximate surface area is 214 Å². The van der Waals surface area contributed by atoms with Crippen molar-refractivity contribution in [2.45, 2.75) is 19.1 Å². The quantitative estimate of drug-likeness (QED) is 0.371. The van der Waals surface area contributed by atoms with Crippen LogP contribution in [0.5, 0.6) is 0 Å². The Hall–Kier alpha value is -4.02. The maximum Gasteiger partial charge on any atom is 0.254 e. The van der Waals surface area contributed by atoms with Gasteiger partial charge in [-0.05, 0) is 30.7 Å². The molecule has 190 valence electrons. The highest BCUT2D eigenvalue weighted by molar-refractivity contribution is 6.06. The van der Waals surface area contributed by atoms with Gasteiger partial charge in [-0.25, -0.2) is 9.97 Å². The first-order valence-electron chi connectivity index (χ1n) is 12.4. The van der Waals surface area contributed by atoms with Gasteiger partial charge in [0, 0.05) is 68.6 Å². The molecule has 0 radical (unpaired) electrons. The lowest BCUT2D eigenvalue weighted by atomic mass is 9.95. The number of fused-ring (bicyclic) bond motifs is 2. The number of amides is 1. The molecule has 0 spiro atoms. The fourth-order valence-corrected chi connectivity index (χ4v) is 5.36. The van der Waals surface area contributed by atoms with Crippen molar-refractivity contribution < 1.29 is 14.6 Å². The molecule has 6 rings (SSSR count). The largest absolute Gasteiger partial charge is 0.393 e. The number of anilines is 3. The van der Waals surface area contributed by atoms with Crippen LogP contribution in [-0.4, -0.2) is 63.4 Å². The number of aryl methyl sites for hydroxylation is 1. The monoisotopic (exact) mass is 499 g/mol. The topological polar surface area (TPSA) is 117 Å². The van der Waals surface area contributed by atoms with Crippen LogP contribution in [0.2, 0.25) is 0 Å². The number of nitrogens with one attached hydrogen (secondary N) is 2. The van der Waals surface area contributed by atoms with Gasteiger partial charge in [0.1, 0.15) is 11.5 Å². The van der Waals surface area contributed by atoms with E-state index in [4.69, 9.17) is 9.72 Å². The summed E-state index contributed by atoms with van der Waals surface area (Å²) in [5.41, 5.74) is 5.65. The molecule has 0 saturated carbocycles. The van der Waals surface area contributed by atoms with Crippen molar-refractivity contribution >= 4 is 34.1 Å². The smallest absolute Gasteiger partial charge is 0.254 e. The molecule has 2 atom stereocenters. The molecule has 4 aromatic rings. The molecule has 10 nitrogen and oxygen atoms in total. The molecule has 4 aromatic heterocycles. The first-order valence-corrected chi connectivity index (χ1v) is 12.4. The molecule has 0 aliphatic carbocycles. The standard InChI is InChI=1S/C27H29N7O3/c1-33-9-6-19-18(5-8-28-26(19)33)25-20-12-31-27(36)24(20)21(13-30-25)32-23-4-3-17(11-29-23)34-10-7-22(35)16(14-34)15-37-2/h3-6,8-9,11,13,16,22,35H,7,10,12,14-15H2,1-2H3,(H,29,32)(H,31,36)/t16?,22-/m0/s1.